The number of piperidine rings is 1. The van der Waals surface area contributed by atoms with Crippen molar-refractivity contribution in [3.8, 4) is 0 Å². The van der Waals surface area contributed by atoms with Crippen LogP contribution in [0.15, 0.2) is 35.5 Å². The van der Waals surface area contributed by atoms with Crippen molar-refractivity contribution in [1.29, 1.82) is 0 Å². The molecule has 2 heterocycles. The average Bonchev–Trinajstić information content (AvgIpc) is 2.72. The van der Waals surface area contributed by atoms with Crippen LogP contribution in [-0.4, -0.2) is 61.4 Å². The van der Waals surface area contributed by atoms with Gasteiger partial charge in [-0.25, -0.2) is 18.4 Å². The zero-order valence-electron chi connectivity index (χ0n) is 17.1. The Bertz CT molecular complexity index is 1010. The third-order valence-electron chi connectivity index (χ3n) is 5.19. The number of aryl methyl sites for hydroxylation is 1. The second kappa shape index (κ2) is 8.90. The molecule has 1 fully saturated rings. The van der Waals surface area contributed by atoms with Gasteiger partial charge >= 0.3 is 5.69 Å². The van der Waals surface area contributed by atoms with E-state index < -0.39 is 14.9 Å². The number of anilines is 2. The molecule has 0 spiro atoms. The number of nitro groups is 1. The van der Waals surface area contributed by atoms with Crippen molar-refractivity contribution >= 4 is 27.3 Å². The maximum absolute atomic E-state index is 12.5. The standard InChI is InChI=1S/C18H25N7O4S/c1-13-4-6-15(7-5-13)30(28,29)22-21-17-16(25(26)27)18(20-12-19-17)24(3)14-8-10-23(2)11-9-14/h4-7,12,14,22H,8-11H2,1-3H3,(H,19,20,21). The number of benzene rings is 1. The molecule has 11 nitrogen and oxygen atoms in total. The van der Waals surface area contributed by atoms with Crippen molar-refractivity contribution in [3.63, 3.8) is 0 Å². The molecule has 3 rings (SSSR count). The molecule has 30 heavy (non-hydrogen) atoms. The Morgan fingerprint density at radius 2 is 1.83 bits per heavy atom. The van der Waals surface area contributed by atoms with Crippen molar-refractivity contribution in [2.75, 3.05) is 37.5 Å². The largest absolute Gasteiger partial charge is 0.354 e. The summed E-state index contributed by atoms with van der Waals surface area (Å²) in [6, 6.07) is 6.32. The molecule has 12 heteroatoms. The van der Waals surface area contributed by atoms with Gasteiger partial charge in [-0.2, -0.15) is 0 Å². The second-order valence-electron chi connectivity index (χ2n) is 7.34. The lowest BCUT2D eigenvalue weighted by molar-refractivity contribution is -0.383. The SMILES string of the molecule is Cc1ccc(S(=O)(=O)NNc2ncnc(N(C)C3CCN(C)CC3)c2[N+](=O)[O-])cc1. The van der Waals surface area contributed by atoms with E-state index in [1.807, 2.05) is 14.0 Å². The quantitative estimate of drug-likeness (QED) is 0.490. The fraction of sp³-hybridized carbons (Fsp3) is 0.444. The molecule has 0 bridgehead atoms. The topological polar surface area (TPSA) is 134 Å². The van der Waals surface area contributed by atoms with Gasteiger partial charge in [0.15, 0.2) is 0 Å². The van der Waals surface area contributed by atoms with Crippen LogP contribution >= 0.6 is 0 Å². The summed E-state index contributed by atoms with van der Waals surface area (Å²) in [6.07, 6.45) is 2.87. The van der Waals surface area contributed by atoms with Crippen LogP contribution in [0.3, 0.4) is 0 Å². The summed E-state index contributed by atoms with van der Waals surface area (Å²) in [5, 5.41) is 11.8. The lowest BCUT2D eigenvalue weighted by Crippen LogP contribution is -2.42. The third-order valence-corrected chi connectivity index (χ3v) is 6.45. The highest BCUT2D eigenvalue weighted by atomic mass is 32.2. The van der Waals surface area contributed by atoms with Gasteiger partial charge in [0.2, 0.25) is 11.6 Å². The summed E-state index contributed by atoms with van der Waals surface area (Å²) in [7, 11) is -0.152. The van der Waals surface area contributed by atoms with E-state index in [2.05, 4.69) is 25.1 Å². The first-order valence-corrected chi connectivity index (χ1v) is 10.9. The Morgan fingerprint density at radius 1 is 1.20 bits per heavy atom. The highest BCUT2D eigenvalue weighted by Crippen LogP contribution is 2.33. The third kappa shape index (κ3) is 4.83. The molecule has 162 valence electrons. The lowest BCUT2D eigenvalue weighted by atomic mass is 10.0. The zero-order valence-corrected chi connectivity index (χ0v) is 17.9. The Kier molecular flexibility index (Phi) is 6.48. The summed E-state index contributed by atoms with van der Waals surface area (Å²) in [6.45, 7) is 3.61. The minimum atomic E-state index is -3.94. The van der Waals surface area contributed by atoms with Crippen molar-refractivity contribution in [3.05, 3.63) is 46.3 Å². The lowest BCUT2D eigenvalue weighted by Gasteiger charge is -2.35. The second-order valence-corrected chi connectivity index (χ2v) is 9.02. The normalized spacial score (nSPS) is 15.7. The van der Waals surface area contributed by atoms with Crippen LogP contribution in [0.1, 0.15) is 18.4 Å². The fourth-order valence-corrected chi connectivity index (χ4v) is 4.18. The van der Waals surface area contributed by atoms with Crippen LogP contribution in [0, 0.1) is 17.0 Å². The Labute approximate surface area is 175 Å². The first kappa shape index (κ1) is 21.9. The predicted molar refractivity (Wildman–Crippen MR) is 113 cm³/mol. The number of rotatable bonds is 7. The van der Waals surface area contributed by atoms with Gasteiger partial charge in [-0.05, 0) is 52.0 Å². The van der Waals surface area contributed by atoms with Gasteiger partial charge in [-0.1, -0.05) is 17.7 Å². The molecule has 1 aromatic carbocycles. The van der Waals surface area contributed by atoms with E-state index in [1.54, 1.807) is 24.1 Å². The minimum Gasteiger partial charge on any atom is -0.351 e. The molecular weight excluding hydrogens is 410 g/mol. The van der Waals surface area contributed by atoms with E-state index in [0.29, 0.717) is 0 Å². The van der Waals surface area contributed by atoms with Crippen molar-refractivity contribution in [2.45, 2.75) is 30.7 Å². The smallest absolute Gasteiger partial charge is 0.351 e. The van der Waals surface area contributed by atoms with Crippen LogP contribution in [0.25, 0.3) is 0 Å². The summed E-state index contributed by atoms with van der Waals surface area (Å²) in [5.74, 6) is -0.0814. The Hall–Kier alpha value is -2.83. The molecule has 1 aromatic heterocycles. The van der Waals surface area contributed by atoms with E-state index in [1.165, 1.54) is 18.5 Å². The maximum atomic E-state index is 12.5. The first-order chi connectivity index (χ1) is 14.2. The van der Waals surface area contributed by atoms with Crippen LogP contribution in [0.4, 0.5) is 17.3 Å². The van der Waals surface area contributed by atoms with E-state index in [9.17, 15) is 18.5 Å². The van der Waals surface area contributed by atoms with Gasteiger partial charge < -0.3 is 9.80 Å². The van der Waals surface area contributed by atoms with Crippen LogP contribution in [0.2, 0.25) is 0 Å². The molecule has 0 aliphatic carbocycles. The van der Waals surface area contributed by atoms with Gasteiger partial charge in [0.05, 0.1) is 9.82 Å². The van der Waals surface area contributed by atoms with E-state index in [0.717, 1.165) is 31.5 Å². The fourth-order valence-electron chi connectivity index (χ4n) is 3.33. The number of nitrogens with one attached hydrogen (secondary N) is 2. The van der Waals surface area contributed by atoms with Crippen LogP contribution < -0.4 is 15.2 Å². The maximum Gasteiger partial charge on any atom is 0.354 e. The molecule has 0 saturated carbocycles. The molecule has 2 N–H and O–H groups in total. The summed E-state index contributed by atoms with van der Waals surface area (Å²) < 4.78 is 25.0. The van der Waals surface area contributed by atoms with Gasteiger partial charge in [-0.15, -0.1) is 4.83 Å². The van der Waals surface area contributed by atoms with E-state index in [-0.39, 0.29) is 28.3 Å². The molecule has 0 amide bonds. The monoisotopic (exact) mass is 435 g/mol. The van der Waals surface area contributed by atoms with Crippen LogP contribution in [-0.2, 0) is 10.0 Å². The minimum absolute atomic E-state index is 0.0287. The number of sulfonamides is 1. The van der Waals surface area contributed by atoms with Crippen molar-refractivity contribution < 1.29 is 13.3 Å². The molecular formula is C18H25N7O4S. The van der Waals surface area contributed by atoms with E-state index >= 15 is 0 Å². The number of likely N-dealkylation sites (tertiary alicyclic amines) is 1. The van der Waals surface area contributed by atoms with Gasteiger partial charge in [-0.3, -0.25) is 15.5 Å². The van der Waals surface area contributed by atoms with Gasteiger partial charge in [0.1, 0.15) is 6.33 Å². The Morgan fingerprint density at radius 3 is 2.43 bits per heavy atom. The molecule has 0 unspecified atom stereocenters. The number of nitrogens with zero attached hydrogens (tertiary/aromatic N) is 5. The predicted octanol–water partition coefficient (Wildman–Crippen LogP) is 1.53. The Balaban J connectivity index is 1.84. The molecule has 1 aliphatic rings. The number of hydrogen-bond donors (Lipinski definition) is 2. The molecule has 2 aromatic rings. The summed E-state index contributed by atoms with van der Waals surface area (Å²) in [5.41, 5.74) is 2.92. The molecule has 0 radical (unpaired) electrons. The molecule has 0 atom stereocenters. The summed E-state index contributed by atoms with van der Waals surface area (Å²) in [4.78, 5) is 25.3. The zero-order chi connectivity index (χ0) is 21.9. The van der Waals surface area contributed by atoms with Gasteiger partial charge in [0, 0.05) is 13.1 Å². The average molecular weight is 436 g/mol. The first-order valence-electron chi connectivity index (χ1n) is 9.44. The highest BCUT2D eigenvalue weighted by Gasteiger charge is 2.31. The van der Waals surface area contributed by atoms with Gasteiger partial charge in [0.25, 0.3) is 10.0 Å². The number of hydrogen-bond acceptors (Lipinski definition) is 9. The number of hydrazine groups is 1. The summed E-state index contributed by atoms with van der Waals surface area (Å²) >= 11 is 0. The molecule has 1 saturated heterocycles. The highest BCUT2D eigenvalue weighted by molar-refractivity contribution is 7.89. The molecule has 1 aliphatic heterocycles. The van der Waals surface area contributed by atoms with Crippen LogP contribution in [0.5, 0.6) is 0 Å². The van der Waals surface area contributed by atoms with E-state index in [4.69, 9.17) is 0 Å². The van der Waals surface area contributed by atoms with Crippen molar-refractivity contribution in [2.24, 2.45) is 0 Å². The number of aromatic nitrogens is 2. The van der Waals surface area contributed by atoms with Crippen molar-refractivity contribution in [1.82, 2.24) is 19.7 Å².